The lowest BCUT2D eigenvalue weighted by atomic mass is 10.0. The van der Waals surface area contributed by atoms with Gasteiger partial charge in [-0.25, -0.2) is 12.8 Å². The molecule has 1 N–H and O–H groups in total. The van der Waals surface area contributed by atoms with E-state index in [-0.39, 0.29) is 18.5 Å². The first-order chi connectivity index (χ1) is 12.1. The molecule has 7 heteroatoms. The zero-order chi connectivity index (χ0) is 19.5. The van der Waals surface area contributed by atoms with E-state index >= 15 is 0 Å². The minimum absolute atomic E-state index is 0.0971. The first-order valence-electron chi connectivity index (χ1n) is 8.30. The maximum atomic E-state index is 13.2. The Morgan fingerprint density at radius 3 is 2.15 bits per heavy atom. The summed E-state index contributed by atoms with van der Waals surface area (Å²) in [6.45, 7) is 5.11. The zero-order valence-corrected chi connectivity index (χ0v) is 16.1. The fraction of sp³-hybridized carbons (Fsp3) is 0.368. The molecule has 2 rings (SSSR count). The molecule has 0 aliphatic heterocycles. The number of benzene rings is 2. The Balaban J connectivity index is 2.60. The second-order valence-electron chi connectivity index (χ2n) is 6.50. The smallest absolute Gasteiger partial charge is 0.232 e. The van der Waals surface area contributed by atoms with E-state index in [0.717, 1.165) is 21.7 Å². The van der Waals surface area contributed by atoms with Gasteiger partial charge in [0.25, 0.3) is 0 Å². The summed E-state index contributed by atoms with van der Waals surface area (Å²) in [6, 6.07) is 11.1. The Morgan fingerprint density at radius 1 is 1.08 bits per heavy atom. The number of nitrogens with zero attached hydrogens (tertiary/aromatic N) is 1. The second-order valence-corrected chi connectivity index (χ2v) is 8.41. The molecule has 1 unspecified atom stereocenters. The van der Waals surface area contributed by atoms with Crippen molar-refractivity contribution in [2.24, 2.45) is 0 Å². The van der Waals surface area contributed by atoms with Crippen LogP contribution in [0.1, 0.15) is 20.8 Å². The predicted octanol–water partition coefficient (Wildman–Crippen LogP) is 3.43. The van der Waals surface area contributed by atoms with Crippen LogP contribution in [0.3, 0.4) is 0 Å². The molecule has 0 saturated heterocycles. The Kier molecular flexibility index (Phi) is 6.26. The monoisotopic (exact) mass is 381 g/mol. The Bertz CT molecular complexity index is 848. The van der Waals surface area contributed by atoms with E-state index in [2.05, 4.69) is 0 Å². The predicted molar refractivity (Wildman–Crippen MR) is 101 cm³/mol. The van der Waals surface area contributed by atoms with Crippen molar-refractivity contribution in [2.45, 2.75) is 33.0 Å². The summed E-state index contributed by atoms with van der Waals surface area (Å²) in [7, 11) is -3.64. The first kappa shape index (κ1) is 20.2. The molecule has 5 nitrogen and oxygen atoms in total. The van der Waals surface area contributed by atoms with Crippen molar-refractivity contribution in [2.75, 3.05) is 17.1 Å². The van der Waals surface area contributed by atoms with Gasteiger partial charge >= 0.3 is 0 Å². The number of halogens is 1. The van der Waals surface area contributed by atoms with E-state index in [1.807, 2.05) is 13.8 Å². The lowest BCUT2D eigenvalue weighted by Gasteiger charge is -2.27. The number of aliphatic hydroxyl groups excluding tert-OH is 1. The van der Waals surface area contributed by atoms with Gasteiger partial charge in [0.1, 0.15) is 11.6 Å². The third-order valence-electron chi connectivity index (χ3n) is 3.60. The number of hydrogen-bond donors (Lipinski definition) is 1. The van der Waals surface area contributed by atoms with Crippen LogP contribution in [0.5, 0.6) is 5.75 Å². The van der Waals surface area contributed by atoms with Crippen molar-refractivity contribution in [1.82, 2.24) is 0 Å². The van der Waals surface area contributed by atoms with Gasteiger partial charge < -0.3 is 9.84 Å². The number of rotatable bonds is 7. The van der Waals surface area contributed by atoms with Crippen LogP contribution in [0.2, 0.25) is 0 Å². The van der Waals surface area contributed by atoms with E-state index in [1.165, 1.54) is 19.1 Å². The quantitative estimate of drug-likeness (QED) is 0.798. The van der Waals surface area contributed by atoms with Gasteiger partial charge in [-0.1, -0.05) is 18.2 Å². The molecular weight excluding hydrogens is 357 g/mol. The number of aliphatic hydroxyl groups is 1. The molecule has 2 aromatic rings. The summed E-state index contributed by atoms with van der Waals surface area (Å²) >= 11 is 0. The normalized spacial score (nSPS) is 12.9. The fourth-order valence-corrected chi connectivity index (χ4v) is 3.53. The second kappa shape index (κ2) is 8.05. The summed E-state index contributed by atoms with van der Waals surface area (Å²) in [5.74, 6) is 0.0533. The zero-order valence-electron chi connectivity index (χ0n) is 15.3. The van der Waals surface area contributed by atoms with Crippen molar-refractivity contribution >= 4 is 15.7 Å². The van der Waals surface area contributed by atoms with Gasteiger partial charge in [0.15, 0.2) is 0 Å². The van der Waals surface area contributed by atoms with E-state index in [0.29, 0.717) is 11.4 Å². The summed E-state index contributed by atoms with van der Waals surface area (Å²) in [5, 5.41) is 9.75. The number of anilines is 1. The molecule has 0 heterocycles. The minimum atomic E-state index is -3.64. The van der Waals surface area contributed by atoms with Crippen LogP contribution in [0.25, 0.3) is 11.1 Å². The van der Waals surface area contributed by atoms with Crippen molar-refractivity contribution in [3.63, 3.8) is 0 Å². The van der Waals surface area contributed by atoms with E-state index in [1.54, 1.807) is 30.3 Å². The Labute approximate surface area is 154 Å². The molecular formula is C19H24FNO4S. The van der Waals surface area contributed by atoms with Gasteiger partial charge in [0.05, 0.1) is 30.7 Å². The van der Waals surface area contributed by atoms with Crippen LogP contribution in [0.4, 0.5) is 10.1 Å². The SMILES string of the molecule is CC(O)CN(c1cc(-c2ccc(F)cc2)ccc1OC(C)C)S(C)(=O)=O. The van der Waals surface area contributed by atoms with Crippen LogP contribution in [-0.2, 0) is 10.0 Å². The number of ether oxygens (including phenoxy) is 1. The first-order valence-corrected chi connectivity index (χ1v) is 10.1. The molecule has 142 valence electrons. The third-order valence-corrected chi connectivity index (χ3v) is 4.74. The maximum absolute atomic E-state index is 13.2. The molecule has 0 aliphatic carbocycles. The summed E-state index contributed by atoms with van der Waals surface area (Å²) in [6.07, 6.45) is 0.0727. The number of sulfonamides is 1. The fourth-order valence-electron chi connectivity index (χ4n) is 2.54. The largest absolute Gasteiger partial charge is 0.489 e. The molecule has 2 aromatic carbocycles. The number of hydrogen-bond acceptors (Lipinski definition) is 4. The van der Waals surface area contributed by atoms with E-state index < -0.39 is 16.1 Å². The lowest BCUT2D eigenvalue weighted by Crippen LogP contribution is -2.36. The summed E-state index contributed by atoms with van der Waals surface area (Å²) in [5.41, 5.74) is 1.80. The van der Waals surface area contributed by atoms with Crippen molar-refractivity contribution in [3.05, 3.63) is 48.3 Å². The van der Waals surface area contributed by atoms with Crippen LogP contribution in [0, 0.1) is 5.82 Å². The minimum Gasteiger partial charge on any atom is -0.489 e. The average Bonchev–Trinajstić information content (AvgIpc) is 2.52. The van der Waals surface area contributed by atoms with Gasteiger partial charge in [-0.3, -0.25) is 4.31 Å². The van der Waals surface area contributed by atoms with Crippen LogP contribution in [0.15, 0.2) is 42.5 Å². The van der Waals surface area contributed by atoms with Crippen LogP contribution in [-0.4, -0.2) is 38.5 Å². The Morgan fingerprint density at radius 2 is 1.65 bits per heavy atom. The van der Waals surface area contributed by atoms with E-state index in [9.17, 15) is 17.9 Å². The molecule has 1 atom stereocenters. The lowest BCUT2D eigenvalue weighted by molar-refractivity contribution is 0.203. The molecule has 0 aromatic heterocycles. The molecule has 0 fully saturated rings. The van der Waals surface area contributed by atoms with Crippen molar-refractivity contribution in [1.29, 1.82) is 0 Å². The highest BCUT2D eigenvalue weighted by Crippen LogP contribution is 2.35. The maximum Gasteiger partial charge on any atom is 0.232 e. The molecule has 0 amide bonds. The van der Waals surface area contributed by atoms with Crippen molar-refractivity contribution < 1.29 is 22.7 Å². The molecule has 0 radical (unpaired) electrons. The molecule has 0 aliphatic rings. The van der Waals surface area contributed by atoms with Crippen LogP contribution >= 0.6 is 0 Å². The van der Waals surface area contributed by atoms with Crippen molar-refractivity contribution in [3.8, 4) is 16.9 Å². The highest BCUT2D eigenvalue weighted by atomic mass is 32.2. The molecule has 0 bridgehead atoms. The average molecular weight is 381 g/mol. The Hall–Kier alpha value is -2.12. The third kappa shape index (κ3) is 5.19. The van der Waals surface area contributed by atoms with Gasteiger partial charge in [-0.05, 0) is 56.2 Å². The van der Waals surface area contributed by atoms with E-state index in [4.69, 9.17) is 4.74 Å². The van der Waals surface area contributed by atoms with Gasteiger partial charge in [0, 0.05) is 0 Å². The summed E-state index contributed by atoms with van der Waals surface area (Å²) < 4.78 is 44.7. The standard InChI is InChI=1S/C19H24FNO4S/c1-13(2)25-19-10-7-16(15-5-8-17(20)9-6-15)11-18(19)21(12-14(3)22)26(4,23)24/h5-11,13-14,22H,12H2,1-4H3. The highest BCUT2D eigenvalue weighted by Gasteiger charge is 2.24. The highest BCUT2D eigenvalue weighted by molar-refractivity contribution is 7.92. The molecule has 26 heavy (non-hydrogen) atoms. The van der Waals surface area contributed by atoms with Crippen LogP contribution < -0.4 is 9.04 Å². The topological polar surface area (TPSA) is 66.8 Å². The summed E-state index contributed by atoms with van der Waals surface area (Å²) in [4.78, 5) is 0. The molecule has 0 spiro atoms. The molecule has 0 saturated carbocycles. The van der Waals surface area contributed by atoms with Gasteiger partial charge in [-0.15, -0.1) is 0 Å². The van der Waals surface area contributed by atoms with Gasteiger partial charge in [0.2, 0.25) is 10.0 Å². The van der Waals surface area contributed by atoms with Gasteiger partial charge in [-0.2, -0.15) is 0 Å².